The average molecular weight is 227 g/mol. The Labute approximate surface area is 96.5 Å². The second kappa shape index (κ2) is 5.61. The van der Waals surface area contributed by atoms with Gasteiger partial charge in [0.15, 0.2) is 0 Å². The lowest BCUT2D eigenvalue weighted by Gasteiger charge is -2.35. The van der Waals surface area contributed by atoms with Crippen LogP contribution in [0, 0.1) is 0 Å². The molecule has 0 aliphatic carbocycles. The number of likely N-dealkylation sites (N-methyl/N-ethyl adjacent to an activating group) is 1. The molecule has 16 heavy (non-hydrogen) atoms. The molecule has 2 fully saturated rings. The van der Waals surface area contributed by atoms with E-state index in [0.29, 0.717) is 19.2 Å². The lowest BCUT2D eigenvalue weighted by Crippen LogP contribution is -2.54. The van der Waals surface area contributed by atoms with Crippen molar-refractivity contribution in [3.05, 3.63) is 0 Å². The molecule has 0 spiro atoms. The molecule has 0 aromatic carbocycles. The molecule has 0 saturated carbocycles. The Bertz CT molecular complexity index is 241. The zero-order valence-electron chi connectivity index (χ0n) is 9.87. The van der Waals surface area contributed by atoms with Crippen molar-refractivity contribution in [2.45, 2.75) is 25.0 Å². The fraction of sp³-hybridized carbons (Fsp3) is 0.909. The van der Waals surface area contributed by atoms with E-state index in [4.69, 9.17) is 4.74 Å². The van der Waals surface area contributed by atoms with Crippen LogP contribution in [0.3, 0.4) is 0 Å². The lowest BCUT2D eigenvalue weighted by molar-refractivity contribution is -0.146. The van der Waals surface area contributed by atoms with Gasteiger partial charge in [-0.3, -0.25) is 4.79 Å². The van der Waals surface area contributed by atoms with E-state index in [9.17, 15) is 4.79 Å². The molecule has 92 valence electrons. The maximum Gasteiger partial charge on any atom is 0.253 e. The maximum atomic E-state index is 12.1. The molecule has 5 nitrogen and oxygen atoms in total. The normalized spacial score (nSPS) is 31.4. The lowest BCUT2D eigenvalue weighted by atomic mass is 10.1. The molecule has 2 aliphatic rings. The summed E-state index contributed by atoms with van der Waals surface area (Å²) in [4.78, 5) is 14.1. The summed E-state index contributed by atoms with van der Waals surface area (Å²) in [5.74, 6) is 0.146. The first-order valence-electron chi connectivity index (χ1n) is 6.09. The average Bonchev–Trinajstić information content (AvgIpc) is 2.39. The Balaban J connectivity index is 1.87. The summed E-state index contributed by atoms with van der Waals surface area (Å²) in [5, 5.41) is 6.43. The van der Waals surface area contributed by atoms with Crippen LogP contribution in [0.15, 0.2) is 0 Å². The highest BCUT2D eigenvalue weighted by molar-refractivity contribution is 5.81. The van der Waals surface area contributed by atoms with Crippen molar-refractivity contribution in [3.63, 3.8) is 0 Å². The number of morpholine rings is 1. The maximum absolute atomic E-state index is 12.1. The second-order valence-corrected chi connectivity index (χ2v) is 4.48. The van der Waals surface area contributed by atoms with Crippen LogP contribution in [0.1, 0.15) is 12.8 Å². The summed E-state index contributed by atoms with van der Waals surface area (Å²) in [6.07, 6.45) is 1.96. The number of nitrogens with one attached hydrogen (secondary N) is 2. The Morgan fingerprint density at radius 3 is 3.12 bits per heavy atom. The van der Waals surface area contributed by atoms with Gasteiger partial charge in [-0.25, -0.2) is 0 Å². The van der Waals surface area contributed by atoms with Crippen LogP contribution in [-0.2, 0) is 9.53 Å². The van der Waals surface area contributed by atoms with E-state index in [2.05, 4.69) is 10.6 Å². The van der Waals surface area contributed by atoms with Crippen LogP contribution in [-0.4, -0.2) is 62.8 Å². The van der Waals surface area contributed by atoms with Gasteiger partial charge in [0.25, 0.3) is 5.91 Å². The minimum absolute atomic E-state index is 0.146. The molecule has 1 amide bonds. The van der Waals surface area contributed by atoms with E-state index in [-0.39, 0.29) is 12.0 Å². The third kappa shape index (κ3) is 2.72. The number of carbonyl (C=O) groups excluding carboxylic acids is 1. The standard InChI is InChI=1S/C11H21N3O2/c1-12-9-3-2-5-14(8-9)11(15)10-7-13-4-6-16-10/h9-10,12-13H,2-8H2,1H3/t9?,10-/m1/s1. The SMILES string of the molecule is CNC1CCCN(C(=O)[C@H]2CNCCO2)C1. The second-order valence-electron chi connectivity index (χ2n) is 4.48. The summed E-state index contributed by atoms with van der Waals surface area (Å²) in [6, 6.07) is 0.439. The number of likely N-dealkylation sites (tertiary alicyclic amines) is 1. The molecule has 0 aromatic heterocycles. The molecule has 0 aromatic rings. The van der Waals surface area contributed by atoms with E-state index in [1.165, 1.54) is 0 Å². The summed E-state index contributed by atoms with van der Waals surface area (Å²) in [6.45, 7) is 3.83. The minimum atomic E-state index is -0.274. The molecule has 2 aliphatic heterocycles. The Kier molecular flexibility index (Phi) is 4.15. The predicted octanol–water partition coefficient (Wildman–Crippen LogP) is -0.815. The van der Waals surface area contributed by atoms with Gasteiger partial charge in [0.1, 0.15) is 6.10 Å². The molecule has 2 N–H and O–H groups in total. The monoisotopic (exact) mass is 227 g/mol. The van der Waals surface area contributed by atoms with Crippen molar-refractivity contribution >= 4 is 5.91 Å². The van der Waals surface area contributed by atoms with Crippen molar-refractivity contribution in [2.75, 3.05) is 39.8 Å². The topological polar surface area (TPSA) is 53.6 Å². The van der Waals surface area contributed by atoms with Gasteiger partial charge >= 0.3 is 0 Å². The Morgan fingerprint density at radius 1 is 1.56 bits per heavy atom. The van der Waals surface area contributed by atoms with Crippen LogP contribution < -0.4 is 10.6 Å². The number of ether oxygens (including phenoxy) is 1. The molecule has 2 rings (SSSR count). The van der Waals surface area contributed by atoms with Gasteiger partial charge in [-0.1, -0.05) is 0 Å². The Morgan fingerprint density at radius 2 is 2.44 bits per heavy atom. The minimum Gasteiger partial charge on any atom is -0.366 e. The molecule has 2 atom stereocenters. The summed E-state index contributed by atoms with van der Waals surface area (Å²) in [5.41, 5.74) is 0. The number of carbonyl (C=O) groups is 1. The zero-order valence-corrected chi connectivity index (χ0v) is 9.87. The molecular formula is C11H21N3O2. The Hall–Kier alpha value is -0.650. The van der Waals surface area contributed by atoms with Crippen molar-refractivity contribution < 1.29 is 9.53 Å². The fourth-order valence-corrected chi connectivity index (χ4v) is 2.34. The van der Waals surface area contributed by atoms with E-state index >= 15 is 0 Å². The van der Waals surface area contributed by atoms with Crippen LogP contribution in [0.2, 0.25) is 0 Å². The molecule has 1 unspecified atom stereocenters. The van der Waals surface area contributed by atoms with E-state index in [1.807, 2.05) is 11.9 Å². The first-order chi connectivity index (χ1) is 7.81. The predicted molar refractivity (Wildman–Crippen MR) is 61.3 cm³/mol. The van der Waals surface area contributed by atoms with Gasteiger partial charge in [0, 0.05) is 32.2 Å². The molecule has 0 bridgehead atoms. The van der Waals surface area contributed by atoms with Gasteiger partial charge in [-0.05, 0) is 19.9 Å². The van der Waals surface area contributed by atoms with Gasteiger partial charge < -0.3 is 20.3 Å². The van der Waals surface area contributed by atoms with Crippen LogP contribution in [0.5, 0.6) is 0 Å². The third-order valence-electron chi connectivity index (χ3n) is 3.34. The van der Waals surface area contributed by atoms with Crippen LogP contribution in [0.25, 0.3) is 0 Å². The zero-order chi connectivity index (χ0) is 11.4. The third-order valence-corrected chi connectivity index (χ3v) is 3.34. The number of piperidine rings is 1. The highest BCUT2D eigenvalue weighted by Crippen LogP contribution is 2.12. The van der Waals surface area contributed by atoms with Crippen molar-refractivity contribution in [1.82, 2.24) is 15.5 Å². The quantitative estimate of drug-likeness (QED) is 0.647. The summed E-state index contributed by atoms with van der Waals surface area (Å²) < 4.78 is 5.49. The number of hydrogen-bond donors (Lipinski definition) is 2. The molecule has 5 heteroatoms. The van der Waals surface area contributed by atoms with Crippen molar-refractivity contribution in [1.29, 1.82) is 0 Å². The van der Waals surface area contributed by atoms with Gasteiger partial charge in [-0.2, -0.15) is 0 Å². The van der Waals surface area contributed by atoms with Gasteiger partial charge in [0.05, 0.1) is 6.61 Å². The smallest absolute Gasteiger partial charge is 0.253 e. The number of hydrogen-bond acceptors (Lipinski definition) is 4. The first-order valence-corrected chi connectivity index (χ1v) is 6.09. The summed E-state index contributed by atoms with van der Waals surface area (Å²) in [7, 11) is 1.96. The number of nitrogens with zero attached hydrogens (tertiary/aromatic N) is 1. The number of rotatable bonds is 2. The van der Waals surface area contributed by atoms with E-state index < -0.39 is 0 Å². The molecular weight excluding hydrogens is 206 g/mol. The van der Waals surface area contributed by atoms with Crippen LogP contribution >= 0.6 is 0 Å². The molecule has 0 radical (unpaired) electrons. The molecule has 2 heterocycles. The highest BCUT2D eigenvalue weighted by atomic mass is 16.5. The molecule has 2 saturated heterocycles. The van der Waals surface area contributed by atoms with E-state index in [0.717, 1.165) is 32.5 Å². The van der Waals surface area contributed by atoms with Gasteiger partial charge in [0.2, 0.25) is 0 Å². The van der Waals surface area contributed by atoms with Crippen molar-refractivity contribution in [2.24, 2.45) is 0 Å². The fourth-order valence-electron chi connectivity index (χ4n) is 2.34. The first kappa shape index (κ1) is 11.8. The van der Waals surface area contributed by atoms with Crippen molar-refractivity contribution in [3.8, 4) is 0 Å². The largest absolute Gasteiger partial charge is 0.366 e. The number of amides is 1. The van der Waals surface area contributed by atoms with Gasteiger partial charge in [-0.15, -0.1) is 0 Å². The van der Waals surface area contributed by atoms with E-state index in [1.54, 1.807) is 0 Å². The van der Waals surface area contributed by atoms with Crippen LogP contribution in [0.4, 0.5) is 0 Å². The highest BCUT2D eigenvalue weighted by Gasteiger charge is 2.29. The summed E-state index contributed by atoms with van der Waals surface area (Å²) >= 11 is 0.